The highest BCUT2D eigenvalue weighted by Gasteiger charge is 2.52. The lowest BCUT2D eigenvalue weighted by Crippen LogP contribution is -2.58. The standard InChI is InChI=1S/C29H40FN5O4/c1-29(2,3)39-28(37)35-22-8-6-19(14-22)26(35)27(36)32-20(16-31)13-18-5-7-21(15-23(18)30)34-10-9-24-25(17-34)38-12-11-33(24)4/h5,7,15,19-20,22,24-26H,6,8-14,17H2,1-4H3,(H,32,36). The molecule has 3 heterocycles. The van der Waals surface area contributed by atoms with Gasteiger partial charge in [0.25, 0.3) is 0 Å². The number of rotatable bonds is 5. The Bertz CT molecular complexity index is 1130. The fourth-order valence-corrected chi connectivity index (χ4v) is 6.73. The van der Waals surface area contributed by atoms with Crippen LogP contribution in [0.4, 0.5) is 14.9 Å². The van der Waals surface area contributed by atoms with E-state index in [0.717, 1.165) is 44.5 Å². The number of nitrogens with one attached hydrogen (secondary N) is 1. The van der Waals surface area contributed by atoms with E-state index in [-0.39, 0.29) is 30.4 Å². The number of nitriles is 1. The number of anilines is 1. The van der Waals surface area contributed by atoms with Gasteiger partial charge >= 0.3 is 6.09 Å². The van der Waals surface area contributed by atoms with Gasteiger partial charge in [-0.05, 0) is 77.1 Å². The molecule has 1 N–H and O–H groups in total. The summed E-state index contributed by atoms with van der Waals surface area (Å²) in [6.45, 7) is 8.56. The Morgan fingerprint density at radius 2 is 2.05 bits per heavy atom. The highest BCUT2D eigenvalue weighted by molar-refractivity contribution is 5.87. The number of likely N-dealkylation sites (N-methyl/N-ethyl adjacent to an activating group) is 1. The molecule has 212 valence electrons. The average molecular weight is 542 g/mol. The number of carbonyl (C=O) groups excluding carboxylic acids is 2. The van der Waals surface area contributed by atoms with E-state index in [9.17, 15) is 14.9 Å². The minimum Gasteiger partial charge on any atom is -0.444 e. The monoisotopic (exact) mass is 541 g/mol. The molecule has 10 heteroatoms. The molecule has 2 amide bonds. The predicted octanol–water partition coefficient (Wildman–Crippen LogP) is 3.07. The van der Waals surface area contributed by atoms with Gasteiger partial charge in [0.05, 0.1) is 18.8 Å². The van der Waals surface area contributed by atoms with Crippen molar-refractivity contribution < 1.29 is 23.5 Å². The summed E-state index contributed by atoms with van der Waals surface area (Å²) in [6.07, 6.45) is 3.05. The van der Waals surface area contributed by atoms with E-state index < -0.39 is 29.6 Å². The van der Waals surface area contributed by atoms with Crippen LogP contribution in [0.2, 0.25) is 0 Å². The summed E-state index contributed by atoms with van der Waals surface area (Å²) in [7, 11) is 2.13. The van der Waals surface area contributed by atoms with E-state index in [2.05, 4.69) is 28.2 Å². The molecule has 3 aliphatic heterocycles. The van der Waals surface area contributed by atoms with E-state index in [1.165, 1.54) is 6.07 Å². The summed E-state index contributed by atoms with van der Waals surface area (Å²) in [4.78, 5) is 32.3. The maximum atomic E-state index is 15.2. The number of hydrogen-bond donors (Lipinski definition) is 1. The molecule has 4 fully saturated rings. The normalized spacial score (nSPS) is 29.5. The van der Waals surface area contributed by atoms with Gasteiger partial charge in [-0.3, -0.25) is 14.6 Å². The van der Waals surface area contributed by atoms with Crippen LogP contribution in [-0.2, 0) is 20.7 Å². The Kier molecular flexibility index (Phi) is 7.75. The summed E-state index contributed by atoms with van der Waals surface area (Å²) in [5.74, 6) is -0.743. The van der Waals surface area contributed by atoms with Gasteiger partial charge in [0.15, 0.2) is 0 Å². The van der Waals surface area contributed by atoms with Crippen molar-refractivity contribution in [2.75, 3.05) is 38.2 Å². The number of piperidine rings is 2. The Morgan fingerprint density at radius 3 is 2.77 bits per heavy atom. The Hall–Kier alpha value is -2.90. The molecular formula is C29H40FN5O4. The number of fused-ring (bicyclic) bond motifs is 3. The smallest absolute Gasteiger partial charge is 0.411 e. The Morgan fingerprint density at radius 1 is 1.26 bits per heavy atom. The largest absolute Gasteiger partial charge is 0.444 e. The van der Waals surface area contributed by atoms with Gasteiger partial charge in [-0.15, -0.1) is 0 Å². The summed E-state index contributed by atoms with van der Waals surface area (Å²) in [5, 5.41) is 12.6. The molecule has 1 aromatic carbocycles. The molecule has 9 nitrogen and oxygen atoms in total. The van der Waals surface area contributed by atoms with Crippen LogP contribution in [0, 0.1) is 23.1 Å². The van der Waals surface area contributed by atoms with Gasteiger partial charge in [0.1, 0.15) is 23.5 Å². The van der Waals surface area contributed by atoms with Crippen molar-refractivity contribution in [3.05, 3.63) is 29.6 Å². The van der Waals surface area contributed by atoms with Crippen LogP contribution in [0.15, 0.2) is 18.2 Å². The third-order valence-corrected chi connectivity index (χ3v) is 8.62. The van der Waals surface area contributed by atoms with Gasteiger partial charge in [-0.2, -0.15) is 5.26 Å². The molecule has 2 bridgehead atoms. The van der Waals surface area contributed by atoms with Crippen LogP contribution in [-0.4, -0.2) is 91.0 Å². The molecule has 4 aliphatic rings. The molecule has 0 aromatic heterocycles. The minimum absolute atomic E-state index is 0.0319. The average Bonchev–Trinajstić information content (AvgIpc) is 3.50. The molecule has 0 spiro atoms. The molecule has 0 radical (unpaired) electrons. The number of ether oxygens (including phenoxy) is 2. The fraction of sp³-hybridized carbons (Fsp3) is 0.690. The SMILES string of the molecule is CN1CCOC2CN(c3ccc(CC(C#N)NC(=O)C4C5CCC(C5)N4C(=O)OC(C)(C)C)c(F)c3)CCC21. The van der Waals surface area contributed by atoms with E-state index in [1.807, 2.05) is 6.07 Å². The van der Waals surface area contributed by atoms with Crippen LogP contribution in [0.1, 0.15) is 52.0 Å². The number of nitrogens with zero attached hydrogens (tertiary/aromatic N) is 4. The van der Waals surface area contributed by atoms with Crippen LogP contribution >= 0.6 is 0 Å². The van der Waals surface area contributed by atoms with Crippen molar-refractivity contribution >= 4 is 17.7 Å². The lowest BCUT2D eigenvalue weighted by molar-refractivity contribution is -0.128. The topological polar surface area (TPSA) is 98.1 Å². The molecule has 6 atom stereocenters. The number of hydrogen-bond acceptors (Lipinski definition) is 7. The first-order valence-corrected chi connectivity index (χ1v) is 14.1. The number of halogens is 1. The van der Waals surface area contributed by atoms with E-state index >= 15 is 4.39 Å². The third-order valence-electron chi connectivity index (χ3n) is 8.62. The highest BCUT2D eigenvalue weighted by atomic mass is 19.1. The second-order valence-electron chi connectivity index (χ2n) is 12.4. The summed E-state index contributed by atoms with van der Waals surface area (Å²) in [6, 6.07) is 5.96. The molecule has 1 aromatic rings. The molecule has 39 heavy (non-hydrogen) atoms. The zero-order valence-corrected chi connectivity index (χ0v) is 23.4. The van der Waals surface area contributed by atoms with E-state index in [1.54, 1.807) is 31.7 Å². The molecule has 5 rings (SSSR count). The van der Waals surface area contributed by atoms with Crippen LogP contribution in [0.3, 0.4) is 0 Å². The number of likely N-dealkylation sites (tertiary alicyclic amines) is 1. The number of carbonyl (C=O) groups is 2. The maximum absolute atomic E-state index is 15.2. The number of amides is 2. The van der Waals surface area contributed by atoms with Gasteiger partial charge in [0.2, 0.25) is 5.91 Å². The molecule has 1 aliphatic carbocycles. The van der Waals surface area contributed by atoms with Crippen molar-refractivity contribution in [2.24, 2.45) is 5.92 Å². The zero-order valence-electron chi connectivity index (χ0n) is 23.4. The van der Waals surface area contributed by atoms with Crippen LogP contribution < -0.4 is 10.2 Å². The second-order valence-corrected chi connectivity index (χ2v) is 12.4. The van der Waals surface area contributed by atoms with Gasteiger partial charge in [0, 0.05) is 43.8 Å². The predicted molar refractivity (Wildman–Crippen MR) is 144 cm³/mol. The van der Waals surface area contributed by atoms with Gasteiger partial charge < -0.3 is 19.7 Å². The van der Waals surface area contributed by atoms with Crippen molar-refractivity contribution in [1.82, 2.24) is 15.1 Å². The third kappa shape index (κ3) is 5.85. The van der Waals surface area contributed by atoms with Crippen LogP contribution in [0.25, 0.3) is 0 Å². The van der Waals surface area contributed by atoms with Gasteiger partial charge in [-0.25, -0.2) is 9.18 Å². The van der Waals surface area contributed by atoms with E-state index in [0.29, 0.717) is 24.8 Å². The highest BCUT2D eigenvalue weighted by Crippen LogP contribution is 2.43. The van der Waals surface area contributed by atoms with Crippen LogP contribution in [0.5, 0.6) is 0 Å². The zero-order chi connectivity index (χ0) is 27.9. The Labute approximate surface area is 230 Å². The first-order valence-electron chi connectivity index (χ1n) is 14.1. The summed E-state index contributed by atoms with van der Waals surface area (Å²) < 4.78 is 26.8. The molecular weight excluding hydrogens is 501 g/mol. The molecule has 6 unspecified atom stereocenters. The molecule has 3 saturated heterocycles. The number of morpholine rings is 1. The van der Waals surface area contributed by atoms with Crippen molar-refractivity contribution in [2.45, 2.75) is 88.7 Å². The summed E-state index contributed by atoms with van der Waals surface area (Å²) in [5.41, 5.74) is 0.485. The van der Waals surface area contributed by atoms with E-state index in [4.69, 9.17) is 9.47 Å². The first kappa shape index (κ1) is 27.7. The van der Waals surface area contributed by atoms with Crippen molar-refractivity contribution in [1.29, 1.82) is 5.26 Å². The maximum Gasteiger partial charge on any atom is 0.411 e. The lowest BCUT2D eigenvalue weighted by Gasteiger charge is -2.46. The quantitative estimate of drug-likeness (QED) is 0.612. The van der Waals surface area contributed by atoms with Crippen molar-refractivity contribution in [3.63, 3.8) is 0 Å². The first-order chi connectivity index (χ1) is 18.5. The minimum atomic E-state index is -0.917. The second kappa shape index (κ2) is 10.9. The Balaban J connectivity index is 1.22. The van der Waals surface area contributed by atoms with Crippen molar-refractivity contribution in [3.8, 4) is 6.07 Å². The lowest BCUT2D eigenvalue weighted by atomic mass is 9.97. The number of benzene rings is 1. The van der Waals surface area contributed by atoms with Gasteiger partial charge in [-0.1, -0.05) is 6.07 Å². The fourth-order valence-electron chi connectivity index (χ4n) is 6.73. The summed E-state index contributed by atoms with van der Waals surface area (Å²) >= 11 is 0. The molecule has 1 saturated carbocycles.